The molecule has 6 heteroatoms. The van der Waals surface area contributed by atoms with Gasteiger partial charge in [0.1, 0.15) is 5.15 Å². The van der Waals surface area contributed by atoms with Crippen molar-refractivity contribution < 1.29 is 8.42 Å². The van der Waals surface area contributed by atoms with Crippen LogP contribution in [0.4, 0.5) is 5.69 Å². The van der Waals surface area contributed by atoms with Gasteiger partial charge in [0.25, 0.3) is 10.0 Å². The lowest BCUT2D eigenvalue weighted by Gasteiger charge is -2.08. The summed E-state index contributed by atoms with van der Waals surface area (Å²) in [6, 6.07) is 9.89. The van der Waals surface area contributed by atoms with Gasteiger partial charge in [0, 0.05) is 6.20 Å². The Labute approximate surface area is 123 Å². The summed E-state index contributed by atoms with van der Waals surface area (Å²) in [5, 5.41) is 0.239. The van der Waals surface area contributed by atoms with E-state index in [-0.39, 0.29) is 10.0 Å². The summed E-state index contributed by atoms with van der Waals surface area (Å²) in [6.07, 6.45) is 3.41. The number of benzene rings is 1. The van der Waals surface area contributed by atoms with Crippen LogP contribution < -0.4 is 4.72 Å². The minimum Gasteiger partial charge on any atom is -0.279 e. The molecule has 4 nitrogen and oxygen atoms in total. The third kappa shape index (κ3) is 3.71. The molecule has 0 radical (unpaired) electrons. The van der Waals surface area contributed by atoms with Crippen LogP contribution in [0.5, 0.6) is 0 Å². The van der Waals surface area contributed by atoms with Gasteiger partial charge >= 0.3 is 0 Å². The third-order valence-corrected chi connectivity index (χ3v) is 4.36. The highest BCUT2D eigenvalue weighted by Gasteiger charge is 2.14. The number of aryl methyl sites for hydroxylation is 1. The van der Waals surface area contributed by atoms with Crippen molar-refractivity contribution >= 4 is 27.3 Å². The number of hydrogen-bond acceptors (Lipinski definition) is 3. The minimum atomic E-state index is -3.60. The Balaban J connectivity index is 2.21. The molecule has 2 aromatic rings. The van der Waals surface area contributed by atoms with E-state index in [9.17, 15) is 8.42 Å². The summed E-state index contributed by atoms with van der Waals surface area (Å²) in [7, 11) is -3.60. The quantitative estimate of drug-likeness (QED) is 0.860. The van der Waals surface area contributed by atoms with Crippen LogP contribution in [0.2, 0.25) is 5.15 Å². The molecule has 20 heavy (non-hydrogen) atoms. The van der Waals surface area contributed by atoms with E-state index in [2.05, 4.69) is 16.6 Å². The predicted molar refractivity (Wildman–Crippen MR) is 80.5 cm³/mol. The van der Waals surface area contributed by atoms with Gasteiger partial charge in [0.05, 0.1) is 10.6 Å². The van der Waals surface area contributed by atoms with Crippen LogP contribution in [0.25, 0.3) is 0 Å². The summed E-state index contributed by atoms with van der Waals surface area (Å²) >= 11 is 5.73. The van der Waals surface area contributed by atoms with Gasteiger partial charge in [-0.05, 0) is 36.2 Å². The fraction of sp³-hybridized carbons (Fsp3) is 0.214. The Hall–Kier alpha value is -1.59. The van der Waals surface area contributed by atoms with Gasteiger partial charge in [-0.25, -0.2) is 13.4 Å². The molecule has 0 bridgehead atoms. The number of hydrogen-bond donors (Lipinski definition) is 1. The van der Waals surface area contributed by atoms with E-state index in [1.165, 1.54) is 12.3 Å². The van der Waals surface area contributed by atoms with Crippen LogP contribution in [0.15, 0.2) is 47.5 Å². The average Bonchev–Trinajstić information content (AvgIpc) is 2.39. The smallest absolute Gasteiger partial charge is 0.261 e. The number of sulfonamides is 1. The summed E-state index contributed by atoms with van der Waals surface area (Å²) in [5.74, 6) is 0. The molecule has 0 saturated carbocycles. The van der Waals surface area contributed by atoms with Crippen LogP contribution in [0, 0.1) is 0 Å². The maximum Gasteiger partial charge on any atom is 0.261 e. The van der Waals surface area contributed by atoms with Gasteiger partial charge < -0.3 is 0 Å². The zero-order valence-corrected chi connectivity index (χ0v) is 12.6. The topological polar surface area (TPSA) is 59.1 Å². The van der Waals surface area contributed by atoms with Crippen LogP contribution in [0.3, 0.4) is 0 Å². The predicted octanol–water partition coefficient (Wildman–Crippen LogP) is 3.49. The lowest BCUT2D eigenvalue weighted by atomic mass is 10.1. The van der Waals surface area contributed by atoms with Crippen molar-refractivity contribution in [2.75, 3.05) is 4.72 Å². The van der Waals surface area contributed by atoms with E-state index < -0.39 is 10.0 Å². The van der Waals surface area contributed by atoms with E-state index >= 15 is 0 Å². The number of halogens is 1. The van der Waals surface area contributed by atoms with Gasteiger partial charge in [-0.1, -0.05) is 37.1 Å². The Morgan fingerprint density at radius 1 is 1.20 bits per heavy atom. The normalized spacial score (nSPS) is 11.3. The molecule has 0 saturated heterocycles. The number of aromatic nitrogens is 1. The monoisotopic (exact) mass is 310 g/mol. The number of nitrogens with zero attached hydrogens (tertiary/aromatic N) is 1. The Morgan fingerprint density at radius 2 is 1.90 bits per heavy atom. The molecule has 0 atom stereocenters. The van der Waals surface area contributed by atoms with Crippen molar-refractivity contribution in [2.45, 2.75) is 24.7 Å². The van der Waals surface area contributed by atoms with Gasteiger partial charge in [0.15, 0.2) is 0 Å². The van der Waals surface area contributed by atoms with Crippen LogP contribution in [0.1, 0.15) is 18.9 Å². The van der Waals surface area contributed by atoms with Crippen molar-refractivity contribution in [3.8, 4) is 0 Å². The van der Waals surface area contributed by atoms with Gasteiger partial charge in [-0.3, -0.25) is 4.72 Å². The SMILES string of the molecule is CCCc1ccc(S(=O)(=O)Nc2ccnc(Cl)c2)cc1. The lowest BCUT2D eigenvalue weighted by molar-refractivity contribution is 0.601. The molecule has 0 fully saturated rings. The number of nitrogens with one attached hydrogen (secondary N) is 1. The van der Waals surface area contributed by atoms with Crippen LogP contribution >= 0.6 is 11.6 Å². The lowest BCUT2D eigenvalue weighted by Crippen LogP contribution is -2.13. The van der Waals surface area contributed by atoms with Crippen LogP contribution in [-0.4, -0.2) is 13.4 Å². The summed E-state index contributed by atoms with van der Waals surface area (Å²) in [5.41, 5.74) is 1.51. The first kappa shape index (κ1) is 14.8. The summed E-state index contributed by atoms with van der Waals surface area (Å²) in [4.78, 5) is 4.03. The Kier molecular flexibility index (Phi) is 4.62. The van der Waals surface area contributed by atoms with E-state index in [4.69, 9.17) is 11.6 Å². The molecule has 0 spiro atoms. The van der Waals surface area contributed by atoms with Crippen LogP contribution in [-0.2, 0) is 16.4 Å². The maximum atomic E-state index is 12.2. The van der Waals surface area contributed by atoms with Gasteiger partial charge in [-0.2, -0.15) is 0 Å². The van der Waals surface area contributed by atoms with E-state index in [1.807, 2.05) is 12.1 Å². The second-order valence-corrected chi connectivity index (χ2v) is 6.44. The first-order valence-corrected chi connectivity index (χ1v) is 8.10. The number of rotatable bonds is 5. The molecule has 1 aromatic carbocycles. The minimum absolute atomic E-state index is 0.227. The molecule has 0 amide bonds. The fourth-order valence-electron chi connectivity index (χ4n) is 1.80. The molecule has 1 aromatic heterocycles. The first-order valence-electron chi connectivity index (χ1n) is 6.24. The third-order valence-electron chi connectivity index (χ3n) is 2.75. The molecule has 0 unspecified atom stereocenters. The second kappa shape index (κ2) is 6.24. The highest BCUT2D eigenvalue weighted by atomic mass is 35.5. The van der Waals surface area contributed by atoms with Gasteiger partial charge in [0.2, 0.25) is 0 Å². The molecule has 0 aliphatic rings. The van der Waals surface area contributed by atoms with Crippen molar-refractivity contribution in [3.05, 3.63) is 53.3 Å². The molecule has 1 N–H and O–H groups in total. The zero-order chi connectivity index (χ0) is 14.6. The molecule has 0 aliphatic carbocycles. The maximum absolute atomic E-state index is 12.2. The molecule has 0 aliphatic heterocycles. The summed E-state index contributed by atoms with van der Waals surface area (Å²) < 4.78 is 26.9. The van der Waals surface area contributed by atoms with Crippen molar-refractivity contribution in [2.24, 2.45) is 0 Å². The van der Waals surface area contributed by atoms with E-state index in [0.29, 0.717) is 5.69 Å². The van der Waals surface area contributed by atoms with Gasteiger partial charge in [-0.15, -0.1) is 0 Å². The largest absolute Gasteiger partial charge is 0.279 e. The molecular weight excluding hydrogens is 296 g/mol. The van der Waals surface area contributed by atoms with Crippen molar-refractivity contribution in [1.82, 2.24) is 4.98 Å². The fourth-order valence-corrected chi connectivity index (χ4v) is 3.03. The average molecular weight is 311 g/mol. The second-order valence-electron chi connectivity index (χ2n) is 4.37. The number of anilines is 1. The molecule has 1 heterocycles. The molecule has 2 rings (SSSR count). The van der Waals surface area contributed by atoms with Crippen molar-refractivity contribution in [1.29, 1.82) is 0 Å². The Morgan fingerprint density at radius 3 is 2.50 bits per heavy atom. The van der Waals surface area contributed by atoms with E-state index in [1.54, 1.807) is 18.2 Å². The zero-order valence-electron chi connectivity index (χ0n) is 11.0. The molecule has 106 valence electrons. The summed E-state index contributed by atoms with van der Waals surface area (Å²) in [6.45, 7) is 2.08. The number of pyridine rings is 1. The Bertz CT molecular complexity index is 685. The highest BCUT2D eigenvalue weighted by molar-refractivity contribution is 7.92. The standard InChI is InChI=1S/C14H15ClN2O2S/c1-2-3-11-4-6-13(7-5-11)20(18,19)17-12-8-9-16-14(15)10-12/h4-10H,2-3H2,1H3,(H,16,17). The van der Waals surface area contributed by atoms with Crippen molar-refractivity contribution in [3.63, 3.8) is 0 Å². The highest BCUT2D eigenvalue weighted by Crippen LogP contribution is 2.18. The first-order chi connectivity index (χ1) is 9.51. The molecular formula is C14H15ClN2O2S. The van der Waals surface area contributed by atoms with E-state index in [0.717, 1.165) is 18.4 Å².